The summed E-state index contributed by atoms with van der Waals surface area (Å²) >= 11 is 0. The minimum Gasteiger partial charge on any atom is -0.356 e. The van der Waals surface area contributed by atoms with Crippen LogP contribution in [0.1, 0.15) is 33.1 Å². The third-order valence-electron chi connectivity index (χ3n) is 4.95. The predicted octanol–water partition coefficient (Wildman–Crippen LogP) is 3.66. The quantitative estimate of drug-likeness (QED) is 0.843. The first kappa shape index (κ1) is 19.3. The topological polar surface area (TPSA) is 58.1 Å². The van der Waals surface area contributed by atoms with E-state index in [1.807, 2.05) is 6.07 Å². The van der Waals surface area contributed by atoms with Crippen molar-refractivity contribution in [3.8, 4) is 11.4 Å². The Kier molecular flexibility index (Phi) is 6.37. The second kappa shape index (κ2) is 8.93. The number of hydrogen-bond acceptors (Lipinski definition) is 4. The van der Waals surface area contributed by atoms with Crippen LogP contribution >= 0.6 is 0 Å². The van der Waals surface area contributed by atoms with Crippen LogP contribution in [0.5, 0.6) is 0 Å². The van der Waals surface area contributed by atoms with E-state index in [1.54, 1.807) is 18.3 Å². The number of nitrogens with zero attached hydrogens (tertiary/aromatic N) is 3. The van der Waals surface area contributed by atoms with E-state index >= 15 is 0 Å². The SMILES string of the molecule is CC(C)CCNC(=O)C1CCN(c2ccnc(-c3ccc(F)cc3)n2)CC1. The van der Waals surface area contributed by atoms with E-state index in [2.05, 4.69) is 34.0 Å². The predicted molar refractivity (Wildman–Crippen MR) is 105 cm³/mol. The Balaban J connectivity index is 1.57. The molecule has 1 aliphatic heterocycles. The Hall–Kier alpha value is -2.50. The fourth-order valence-corrected chi connectivity index (χ4v) is 3.26. The summed E-state index contributed by atoms with van der Waals surface area (Å²) in [6.07, 6.45) is 4.39. The molecule has 0 unspecified atom stereocenters. The molecule has 3 rings (SSSR count). The zero-order valence-corrected chi connectivity index (χ0v) is 16.0. The number of anilines is 1. The average molecular weight is 370 g/mol. The highest BCUT2D eigenvalue weighted by molar-refractivity contribution is 5.78. The lowest BCUT2D eigenvalue weighted by atomic mass is 9.95. The molecule has 1 saturated heterocycles. The van der Waals surface area contributed by atoms with Gasteiger partial charge in [0.2, 0.25) is 5.91 Å². The molecule has 1 aromatic heterocycles. The van der Waals surface area contributed by atoms with Gasteiger partial charge < -0.3 is 10.2 Å². The molecule has 144 valence electrons. The number of hydrogen-bond donors (Lipinski definition) is 1. The van der Waals surface area contributed by atoms with Gasteiger partial charge in [-0.3, -0.25) is 4.79 Å². The Morgan fingerprint density at radius 3 is 2.59 bits per heavy atom. The van der Waals surface area contributed by atoms with Gasteiger partial charge in [0.25, 0.3) is 0 Å². The summed E-state index contributed by atoms with van der Waals surface area (Å²) in [7, 11) is 0. The van der Waals surface area contributed by atoms with Crippen molar-refractivity contribution in [1.82, 2.24) is 15.3 Å². The maximum atomic E-state index is 13.1. The molecule has 1 aromatic carbocycles. The van der Waals surface area contributed by atoms with Gasteiger partial charge in [0, 0.05) is 37.3 Å². The molecule has 5 nitrogen and oxygen atoms in total. The molecule has 1 amide bonds. The van der Waals surface area contributed by atoms with Crippen LogP contribution in [0.15, 0.2) is 36.5 Å². The monoisotopic (exact) mass is 370 g/mol. The van der Waals surface area contributed by atoms with E-state index in [4.69, 9.17) is 0 Å². The molecule has 27 heavy (non-hydrogen) atoms. The summed E-state index contributed by atoms with van der Waals surface area (Å²) in [6, 6.07) is 8.07. The first-order chi connectivity index (χ1) is 13.0. The third kappa shape index (κ3) is 5.25. The van der Waals surface area contributed by atoms with Gasteiger partial charge >= 0.3 is 0 Å². The summed E-state index contributed by atoms with van der Waals surface area (Å²) < 4.78 is 13.1. The summed E-state index contributed by atoms with van der Waals surface area (Å²) in [4.78, 5) is 23.4. The van der Waals surface area contributed by atoms with Crippen molar-refractivity contribution in [2.45, 2.75) is 33.1 Å². The van der Waals surface area contributed by atoms with Crippen LogP contribution < -0.4 is 10.2 Å². The highest BCUT2D eigenvalue weighted by atomic mass is 19.1. The fourth-order valence-electron chi connectivity index (χ4n) is 3.26. The second-order valence-corrected chi connectivity index (χ2v) is 7.48. The highest BCUT2D eigenvalue weighted by Gasteiger charge is 2.25. The van der Waals surface area contributed by atoms with Crippen molar-refractivity contribution in [1.29, 1.82) is 0 Å². The molecule has 6 heteroatoms. The number of halogens is 1. The minimum absolute atomic E-state index is 0.0758. The maximum Gasteiger partial charge on any atom is 0.223 e. The zero-order valence-electron chi connectivity index (χ0n) is 16.0. The number of piperidine rings is 1. The van der Waals surface area contributed by atoms with Gasteiger partial charge in [-0.25, -0.2) is 14.4 Å². The smallest absolute Gasteiger partial charge is 0.223 e. The molecule has 1 fully saturated rings. The van der Waals surface area contributed by atoms with E-state index < -0.39 is 0 Å². The van der Waals surface area contributed by atoms with Gasteiger partial charge in [-0.15, -0.1) is 0 Å². The number of benzene rings is 1. The van der Waals surface area contributed by atoms with Crippen molar-refractivity contribution in [3.05, 3.63) is 42.3 Å². The fraction of sp³-hybridized carbons (Fsp3) is 0.476. The van der Waals surface area contributed by atoms with Gasteiger partial charge in [0.1, 0.15) is 11.6 Å². The first-order valence-corrected chi connectivity index (χ1v) is 9.64. The van der Waals surface area contributed by atoms with Crippen molar-refractivity contribution < 1.29 is 9.18 Å². The number of amides is 1. The Morgan fingerprint density at radius 2 is 1.93 bits per heavy atom. The van der Waals surface area contributed by atoms with E-state index in [0.29, 0.717) is 11.7 Å². The highest BCUT2D eigenvalue weighted by Crippen LogP contribution is 2.24. The van der Waals surface area contributed by atoms with E-state index in [1.165, 1.54) is 12.1 Å². The summed E-state index contributed by atoms with van der Waals surface area (Å²) in [5.41, 5.74) is 0.790. The number of nitrogens with one attached hydrogen (secondary N) is 1. The molecular formula is C21H27FN4O. The van der Waals surface area contributed by atoms with Crippen LogP contribution in [0.25, 0.3) is 11.4 Å². The van der Waals surface area contributed by atoms with Gasteiger partial charge in [-0.2, -0.15) is 0 Å². The van der Waals surface area contributed by atoms with Gasteiger partial charge in [0.05, 0.1) is 0 Å². The molecule has 0 saturated carbocycles. The van der Waals surface area contributed by atoms with E-state index in [0.717, 1.165) is 50.3 Å². The Morgan fingerprint density at radius 1 is 1.22 bits per heavy atom. The van der Waals surface area contributed by atoms with Crippen molar-refractivity contribution in [2.75, 3.05) is 24.5 Å². The van der Waals surface area contributed by atoms with Gasteiger partial charge in [-0.05, 0) is 55.5 Å². The number of aromatic nitrogens is 2. The average Bonchev–Trinajstić information content (AvgIpc) is 2.68. The summed E-state index contributed by atoms with van der Waals surface area (Å²) in [5.74, 6) is 2.00. The van der Waals surface area contributed by atoms with Crippen LogP contribution in [0.3, 0.4) is 0 Å². The van der Waals surface area contributed by atoms with Crippen molar-refractivity contribution in [3.63, 3.8) is 0 Å². The number of carbonyl (C=O) groups is 1. The standard InChI is InChI=1S/C21H27FN4O/c1-15(2)7-11-24-21(27)17-9-13-26(14-10-17)19-8-12-23-20(25-19)16-3-5-18(22)6-4-16/h3-6,8,12,15,17H,7,9-11,13-14H2,1-2H3,(H,24,27). The van der Waals surface area contributed by atoms with Gasteiger partial charge in [0.15, 0.2) is 5.82 Å². The lowest BCUT2D eigenvalue weighted by Gasteiger charge is -2.32. The molecule has 1 aliphatic rings. The summed E-state index contributed by atoms with van der Waals surface area (Å²) in [6.45, 7) is 6.66. The largest absolute Gasteiger partial charge is 0.356 e. The van der Waals surface area contributed by atoms with Crippen molar-refractivity contribution >= 4 is 11.7 Å². The van der Waals surface area contributed by atoms with Gasteiger partial charge in [-0.1, -0.05) is 13.8 Å². The van der Waals surface area contributed by atoms with Crippen molar-refractivity contribution in [2.24, 2.45) is 11.8 Å². The van der Waals surface area contributed by atoms with E-state index in [-0.39, 0.29) is 17.6 Å². The van der Waals surface area contributed by atoms with Crippen LogP contribution in [0.2, 0.25) is 0 Å². The second-order valence-electron chi connectivity index (χ2n) is 7.48. The van der Waals surface area contributed by atoms with Crippen LogP contribution in [-0.4, -0.2) is 35.5 Å². The Bertz CT molecular complexity index is 755. The third-order valence-corrected chi connectivity index (χ3v) is 4.95. The van der Waals surface area contributed by atoms with Crippen LogP contribution in [0.4, 0.5) is 10.2 Å². The molecule has 1 N–H and O–H groups in total. The van der Waals surface area contributed by atoms with E-state index in [9.17, 15) is 9.18 Å². The van der Waals surface area contributed by atoms with Crippen LogP contribution in [-0.2, 0) is 4.79 Å². The molecular weight excluding hydrogens is 343 g/mol. The Labute approximate surface area is 160 Å². The number of carbonyl (C=O) groups excluding carboxylic acids is 1. The molecule has 0 radical (unpaired) electrons. The molecule has 2 aromatic rings. The molecule has 0 atom stereocenters. The normalized spacial score (nSPS) is 15.2. The zero-order chi connectivity index (χ0) is 19.2. The molecule has 0 aliphatic carbocycles. The molecule has 0 bridgehead atoms. The lowest BCUT2D eigenvalue weighted by molar-refractivity contribution is -0.125. The molecule has 2 heterocycles. The lowest BCUT2D eigenvalue weighted by Crippen LogP contribution is -2.41. The summed E-state index contributed by atoms with van der Waals surface area (Å²) in [5, 5.41) is 3.06. The maximum absolute atomic E-state index is 13.1. The van der Waals surface area contributed by atoms with Crippen LogP contribution in [0, 0.1) is 17.7 Å². The first-order valence-electron chi connectivity index (χ1n) is 9.64. The molecule has 0 spiro atoms. The number of rotatable bonds is 6. The minimum atomic E-state index is -0.274.